The molecule has 114 valence electrons. The highest BCUT2D eigenvalue weighted by Crippen LogP contribution is 2.28. The van der Waals surface area contributed by atoms with Gasteiger partial charge in [0, 0.05) is 18.2 Å². The van der Waals surface area contributed by atoms with Crippen molar-refractivity contribution >= 4 is 29.2 Å². The third kappa shape index (κ3) is 5.65. The number of amides is 3. The lowest BCUT2D eigenvalue weighted by Crippen LogP contribution is -2.44. The van der Waals surface area contributed by atoms with Crippen molar-refractivity contribution in [2.45, 2.75) is 19.9 Å². The topological polar surface area (TPSA) is 111 Å². The Hall–Kier alpha value is -2.35. The minimum atomic E-state index is -0.664. The Morgan fingerprint density at radius 1 is 1.43 bits per heavy atom. The van der Waals surface area contributed by atoms with Crippen LogP contribution in [0, 0.1) is 10.1 Å². The summed E-state index contributed by atoms with van der Waals surface area (Å²) >= 11 is 5.79. The summed E-state index contributed by atoms with van der Waals surface area (Å²) in [5.41, 5.74) is -0.187. The summed E-state index contributed by atoms with van der Waals surface area (Å²) in [5.74, 6) is -0.552. The quantitative estimate of drug-likeness (QED) is 0.636. The maximum absolute atomic E-state index is 11.4. The molecule has 9 heteroatoms. The van der Waals surface area contributed by atoms with Crippen molar-refractivity contribution in [2.75, 3.05) is 6.61 Å². The number of carbonyl (C=O) groups is 2. The van der Waals surface area contributed by atoms with Gasteiger partial charge in [0.15, 0.2) is 6.61 Å². The maximum Gasteiger partial charge on any atom is 0.321 e. The van der Waals surface area contributed by atoms with E-state index in [1.54, 1.807) is 13.8 Å². The van der Waals surface area contributed by atoms with Crippen molar-refractivity contribution in [3.8, 4) is 5.75 Å². The van der Waals surface area contributed by atoms with Crippen LogP contribution in [0.2, 0.25) is 5.02 Å². The minimum Gasteiger partial charge on any atom is -0.482 e. The van der Waals surface area contributed by atoms with E-state index >= 15 is 0 Å². The van der Waals surface area contributed by atoms with Gasteiger partial charge >= 0.3 is 6.03 Å². The number of urea groups is 1. The molecule has 0 aromatic heterocycles. The Labute approximate surface area is 125 Å². The van der Waals surface area contributed by atoms with Gasteiger partial charge in [-0.05, 0) is 19.9 Å². The lowest BCUT2D eigenvalue weighted by molar-refractivity contribution is -0.384. The van der Waals surface area contributed by atoms with Crippen molar-refractivity contribution in [3.63, 3.8) is 0 Å². The maximum atomic E-state index is 11.4. The number of benzene rings is 1. The molecule has 0 heterocycles. The summed E-state index contributed by atoms with van der Waals surface area (Å²) in [6, 6.07) is 2.85. The largest absolute Gasteiger partial charge is 0.482 e. The second-order valence-corrected chi connectivity index (χ2v) is 4.74. The molecule has 0 atom stereocenters. The highest BCUT2D eigenvalue weighted by atomic mass is 35.5. The molecule has 0 saturated heterocycles. The van der Waals surface area contributed by atoms with Gasteiger partial charge in [-0.25, -0.2) is 4.79 Å². The van der Waals surface area contributed by atoms with Gasteiger partial charge in [-0.3, -0.25) is 20.2 Å². The number of hydrogen-bond donors (Lipinski definition) is 2. The molecule has 0 radical (unpaired) electrons. The number of nitrogens with zero attached hydrogens (tertiary/aromatic N) is 1. The SMILES string of the molecule is CC(C)NC(=O)NC(=O)COc1ccc([N+](=O)[O-])cc1Cl. The number of halogens is 1. The third-order valence-corrected chi connectivity index (χ3v) is 2.45. The molecular weight excluding hydrogens is 302 g/mol. The van der Waals surface area contributed by atoms with Gasteiger partial charge in [0.1, 0.15) is 5.75 Å². The van der Waals surface area contributed by atoms with E-state index in [0.29, 0.717) is 0 Å². The van der Waals surface area contributed by atoms with Crippen molar-refractivity contribution in [1.82, 2.24) is 10.6 Å². The van der Waals surface area contributed by atoms with Gasteiger partial charge in [0.05, 0.1) is 9.95 Å². The lowest BCUT2D eigenvalue weighted by Gasteiger charge is -2.10. The third-order valence-electron chi connectivity index (χ3n) is 2.16. The fourth-order valence-electron chi connectivity index (χ4n) is 1.32. The summed E-state index contributed by atoms with van der Waals surface area (Å²) < 4.78 is 5.09. The molecule has 0 aliphatic rings. The standard InChI is InChI=1S/C12H14ClN3O5/c1-7(2)14-12(18)15-11(17)6-21-10-4-3-8(16(19)20)5-9(10)13/h3-5,7H,6H2,1-2H3,(H2,14,15,17,18). The first-order valence-electron chi connectivity index (χ1n) is 5.96. The fraction of sp³-hybridized carbons (Fsp3) is 0.333. The Morgan fingerprint density at radius 2 is 2.10 bits per heavy atom. The zero-order valence-corrected chi connectivity index (χ0v) is 12.1. The highest BCUT2D eigenvalue weighted by Gasteiger charge is 2.13. The Kier molecular flexibility index (Phi) is 5.92. The minimum absolute atomic E-state index is 0.00336. The molecule has 1 aromatic carbocycles. The van der Waals surface area contributed by atoms with Crippen molar-refractivity contribution in [3.05, 3.63) is 33.3 Å². The van der Waals surface area contributed by atoms with Crippen LogP contribution in [0.15, 0.2) is 18.2 Å². The van der Waals surface area contributed by atoms with E-state index < -0.39 is 23.5 Å². The number of nitrogens with one attached hydrogen (secondary N) is 2. The van der Waals surface area contributed by atoms with E-state index in [1.165, 1.54) is 12.1 Å². The van der Waals surface area contributed by atoms with Gasteiger partial charge in [-0.15, -0.1) is 0 Å². The summed E-state index contributed by atoms with van der Waals surface area (Å²) in [4.78, 5) is 32.6. The normalized spacial score (nSPS) is 10.1. The zero-order chi connectivity index (χ0) is 16.0. The van der Waals surface area contributed by atoms with Gasteiger partial charge in [0.25, 0.3) is 11.6 Å². The first-order chi connectivity index (χ1) is 9.79. The van der Waals surface area contributed by atoms with Crippen LogP contribution < -0.4 is 15.4 Å². The molecule has 1 aromatic rings. The van der Waals surface area contributed by atoms with Crippen LogP contribution in [0.4, 0.5) is 10.5 Å². The number of nitro groups is 1. The lowest BCUT2D eigenvalue weighted by atomic mass is 10.3. The van der Waals surface area contributed by atoms with Crippen molar-refractivity contribution < 1.29 is 19.2 Å². The van der Waals surface area contributed by atoms with E-state index in [9.17, 15) is 19.7 Å². The van der Waals surface area contributed by atoms with Crippen LogP contribution in [0.1, 0.15) is 13.8 Å². The Morgan fingerprint density at radius 3 is 2.62 bits per heavy atom. The number of non-ortho nitro benzene ring substituents is 1. The molecule has 8 nitrogen and oxygen atoms in total. The molecule has 0 unspecified atom stereocenters. The van der Waals surface area contributed by atoms with Crippen molar-refractivity contribution in [1.29, 1.82) is 0 Å². The Balaban J connectivity index is 2.53. The number of imide groups is 1. The molecule has 2 N–H and O–H groups in total. The number of hydrogen-bond acceptors (Lipinski definition) is 5. The summed E-state index contributed by atoms with van der Waals surface area (Å²) in [6.07, 6.45) is 0. The second kappa shape index (κ2) is 7.44. The van der Waals surface area contributed by atoms with Gasteiger partial charge in [0.2, 0.25) is 0 Å². The number of nitro benzene ring substituents is 1. The average Bonchev–Trinajstić information content (AvgIpc) is 2.35. The number of rotatable bonds is 5. The first-order valence-corrected chi connectivity index (χ1v) is 6.34. The van der Waals surface area contributed by atoms with Gasteiger partial charge in [-0.2, -0.15) is 0 Å². The molecule has 0 fully saturated rings. The van der Waals surface area contributed by atoms with Crippen LogP contribution in [-0.4, -0.2) is 29.5 Å². The molecule has 0 saturated carbocycles. The monoisotopic (exact) mass is 315 g/mol. The van der Waals surface area contributed by atoms with Gasteiger partial charge < -0.3 is 10.1 Å². The molecular formula is C12H14ClN3O5. The second-order valence-electron chi connectivity index (χ2n) is 4.34. The summed E-state index contributed by atoms with van der Waals surface area (Å²) in [6.45, 7) is 3.05. The molecule has 0 aliphatic carbocycles. The molecule has 3 amide bonds. The van der Waals surface area contributed by atoms with Crippen LogP contribution >= 0.6 is 11.6 Å². The smallest absolute Gasteiger partial charge is 0.321 e. The Bertz CT molecular complexity index is 562. The molecule has 21 heavy (non-hydrogen) atoms. The first kappa shape index (κ1) is 16.7. The summed E-state index contributed by atoms with van der Waals surface area (Å²) in [7, 11) is 0. The highest BCUT2D eigenvalue weighted by molar-refractivity contribution is 6.32. The number of carbonyl (C=O) groups excluding carboxylic acids is 2. The molecule has 0 aliphatic heterocycles. The van der Waals surface area contributed by atoms with Crippen LogP contribution in [0.25, 0.3) is 0 Å². The average molecular weight is 316 g/mol. The fourth-order valence-corrected chi connectivity index (χ4v) is 1.55. The predicted molar refractivity (Wildman–Crippen MR) is 75.4 cm³/mol. The van der Waals surface area contributed by atoms with E-state index in [4.69, 9.17) is 16.3 Å². The van der Waals surface area contributed by atoms with E-state index in [2.05, 4.69) is 10.6 Å². The molecule has 1 rings (SSSR count). The van der Waals surface area contributed by atoms with Crippen LogP contribution in [-0.2, 0) is 4.79 Å². The predicted octanol–water partition coefficient (Wildman–Crippen LogP) is 1.86. The molecule has 0 spiro atoms. The zero-order valence-electron chi connectivity index (χ0n) is 11.4. The summed E-state index contributed by atoms with van der Waals surface area (Å²) in [5, 5.41) is 15.1. The van der Waals surface area contributed by atoms with Crippen LogP contribution in [0.3, 0.4) is 0 Å². The van der Waals surface area contributed by atoms with E-state index in [1.807, 2.05) is 0 Å². The number of ether oxygens (including phenoxy) is 1. The molecule has 0 bridgehead atoms. The van der Waals surface area contributed by atoms with Crippen LogP contribution in [0.5, 0.6) is 5.75 Å². The van der Waals surface area contributed by atoms with E-state index in [0.717, 1.165) is 6.07 Å². The van der Waals surface area contributed by atoms with Gasteiger partial charge in [-0.1, -0.05) is 11.6 Å². The van der Waals surface area contributed by atoms with E-state index in [-0.39, 0.29) is 22.5 Å². The van der Waals surface area contributed by atoms with Crippen molar-refractivity contribution in [2.24, 2.45) is 0 Å².